The molecule has 0 saturated carbocycles. The SMILES string of the molecule is O=S(=O)(c1cccc(F)c1)c1nccs1. The van der Waals surface area contributed by atoms with Gasteiger partial charge in [0.05, 0.1) is 4.90 Å². The number of rotatable bonds is 2. The molecule has 78 valence electrons. The molecule has 0 aliphatic rings. The van der Waals surface area contributed by atoms with E-state index in [1.54, 1.807) is 5.38 Å². The molecule has 0 radical (unpaired) electrons. The summed E-state index contributed by atoms with van der Waals surface area (Å²) >= 11 is 1.01. The largest absolute Gasteiger partial charge is 0.233 e. The lowest BCUT2D eigenvalue weighted by Gasteiger charge is -1.99. The number of nitrogens with zero attached hydrogens (tertiary/aromatic N) is 1. The summed E-state index contributed by atoms with van der Waals surface area (Å²) in [5.41, 5.74) is 0. The molecule has 0 saturated heterocycles. The van der Waals surface area contributed by atoms with Gasteiger partial charge in [0.25, 0.3) is 0 Å². The summed E-state index contributed by atoms with van der Waals surface area (Å²) in [5.74, 6) is -0.576. The monoisotopic (exact) mass is 243 g/mol. The number of halogens is 1. The first-order chi connectivity index (χ1) is 7.10. The van der Waals surface area contributed by atoms with Gasteiger partial charge in [0.1, 0.15) is 5.82 Å². The first kappa shape index (κ1) is 10.3. The van der Waals surface area contributed by atoms with Crippen LogP contribution in [0.1, 0.15) is 0 Å². The number of thiazole rings is 1. The second-order valence-corrected chi connectivity index (χ2v) is 5.78. The van der Waals surface area contributed by atoms with Gasteiger partial charge in [-0.1, -0.05) is 6.07 Å². The molecular formula is C9H6FNO2S2. The van der Waals surface area contributed by atoms with Crippen LogP contribution in [-0.2, 0) is 9.84 Å². The number of hydrogen-bond acceptors (Lipinski definition) is 4. The molecular weight excluding hydrogens is 237 g/mol. The van der Waals surface area contributed by atoms with Crippen molar-refractivity contribution in [3.63, 3.8) is 0 Å². The van der Waals surface area contributed by atoms with Gasteiger partial charge in [-0.3, -0.25) is 0 Å². The Morgan fingerprint density at radius 1 is 1.33 bits per heavy atom. The van der Waals surface area contributed by atoms with E-state index < -0.39 is 15.7 Å². The van der Waals surface area contributed by atoms with E-state index in [4.69, 9.17) is 0 Å². The van der Waals surface area contributed by atoms with Crippen LogP contribution in [0.25, 0.3) is 0 Å². The molecule has 0 spiro atoms. The summed E-state index contributed by atoms with van der Waals surface area (Å²) in [6.07, 6.45) is 1.40. The first-order valence-corrected chi connectivity index (χ1v) is 6.37. The van der Waals surface area contributed by atoms with Crippen molar-refractivity contribution in [1.82, 2.24) is 4.98 Å². The Balaban J connectivity index is 2.57. The van der Waals surface area contributed by atoms with Crippen molar-refractivity contribution in [2.75, 3.05) is 0 Å². The fourth-order valence-electron chi connectivity index (χ4n) is 1.08. The van der Waals surface area contributed by atoms with Crippen LogP contribution in [0.5, 0.6) is 0 Å². The van der Waals surface area contributed by atoms with Crippen LogP contribution in [0.3, 0.4) is 0 Å². The maximum atomic E-state index is 12.9. The summed E-state index contributed by atoms with van der Waals surface area (Å²) in [7, 11) is -3.65. The molecule has 0 atom stereocenters. The maximum Gasteiger partial charge on any atom is 0.233 e. The Kier molecular flexibility index (Phi) is 2.54. The standard InChI is InChI=1S/C9H6FNO2S2/c10-7-2-1-3-8(6-7)15(12,13)9-11-4-5-14-9/h1-6H. The van der Waals surface area contributed by atoms with E-state index in [1.165, 1.54) is 24.4 Å². The molecule has 0 bridgehead atoms. The van der Waals surface area contributed by atoms with Crippen molar-refractivity contribution in [2.24, 2.45) is 0 Å². The van der Waals surface area contributed by atoms with Crippen LogP contribution < -0.4 is 0 Å². The number of aromatic nitrogens is 1. The van der Waals surface area contributed by atoms with Crippen molar-refractivity contribution in [2.45, 2.75) is 9.24 Å². The molecule has 0 unspecified atom stereocenters. The van der Waals surface area contributed by atoms with Gasteiger partial charge in [-0.2, -0.15) is 0 Å². The predicted octanol–water partition coefficient (Wildman–Crippen LogP) is 2.12. The molecule has 0 N–H and O–H groups in total. The third-order valence-electron chi connectivity index (χ3n) is 1.75. The maximum absolute atomic E-state index is 12.9. The summed E-state index contributed by atoms with van der Waals surface area (Å²) < 4.78 is 36.5. The minimum Gasteiger partial charge on any atom is -0.233 e. The Labute approximate surface area is 90.1 Å². The van der Waals surface area contributed by atoms with Crippen molar-refractivity contribution >= 4 is 21.2 Å². The van der Waals surface area contributed by atoms with Crippen molar-refractivity contribution in [3.8, 4) is 0 Å². The number of hydrogen-bond donors (Lipinski definition) is 0. The molecule has 1 aromatic carbocycles. The molecule has 15 heavy (non-hydrogen) atoms. The fourth-order valence-corrected chi connectivity index (χ4v) is 3.33. The Hall–Kier alpha value is -1.27. The second kappa shape index (κ2) is 3.71. The predicted molar refractivity (Wildman–Crippen MR) is 54.0 cm³/mol. The zero-order chi connectivity index (χ0) is 10.9. The molecule has 2 aromatic rings. The third kappa shape index (κ3) is 1.91. The summed E-state index contributed by atoms with van der Waals surface area (Å²) in [6.45, 7) is 0. The molecule has 3 nitrogen and oxygen atoms in total. The van der Waals surface area contributed by atoms with E-state index in [-0.39, 0.29) is 9.24 Å². The molecule has 0 aliphatic carbocycles. The first-order valence-electron chi connectivity index (χ1n) is 4.01. The molecule has 1 aromatic heterocycles. The van der Waals surface area contributed by atoms with Crippen molar-refractivity contribution in [3.05, 3.63) is 41.7 Å². The van der Waals surface area contributed by atoms with Crippen molar-refractivity contribution < 1.29 is 12.8 Å². The average molecular weight is 243 g/mol. The van der Waals surface area contributed by atoms with Gasteiger partial charge in [0.2, 0.25) is 14.2 Å². The molecule has 2 rings (SSSR count). The Bertz CT molecular complexity index is 564. The lowest BCUT2D eigenvalue weighted by atomic mass is 10.4. The van der Waals surface area contributed by atoms with Crippen LogP contribution in [0.2, 0.25) is 0 Å². The van der Waals surface area contributed by atoms with Gasteiger partial charge in [-0.15, -0.1) is 11.3 Å². The summed E-state index contributed by atoms with van der Waals surface area (Å²) in [4.78, 5) is 3.63. The van der Waals surface area contributed by atoms with Crippen LogP contribution in [0, 0.1) is 5.82 Å². The Morgan fingerprint density at radius 2 is 2.13 bits per heavy atom. The van der Waals surface area contributed by atoms with E-state index in [1.807, 2.05) is 0 Å². The van der Waals surface area contributed by atoms with E-state index >= 15 is 0 Å². The van der Waals surface area contributed by atoms with Crippen LogP contribution in [0.4, 0.5) is 4.39 Å². The molecule has 0 aliphatic heterocycles. The highest BCUT2D eigenvalue weighted by molar-refractivity contribution is 7.93. The molecule has 6 heteroatoms. The number of benzene rings is 1. The van der Waals surface area contributed by atoms with Crippen LogP contribution >= 0.6 is 11.3 Å². The zero-order valence-electron chi connectivity index (χ0n) is 7.42. The van der Waals surface area contributed by atoms with E-state index in [0.29, 0.717) is 0 Å². The normalized spacial score (nSPS) is 11.5. The van der Waals surface area contributed by atoms with Gasteiger partial charge in [0, 0.05) is 11.6 Å². The molecule has 0 fully saturated rings. The van der Waals surface area contributed by atoms with Crippen LogP contribution in [-0.4, -0.2) is 13.4 Å². The van der Waals surface area contributed by atoms with Gasteiger partial charge >= 0.3 is 0 Å². The topological polar surface area (TPSA) is 47.0 Å². The number of sulfone groups is 1. The smallest absolute Gasteiger partial charge is 0.233 e. The average Bonchev–Trinajstić information content (AvgIpc) is 2.71. The van der Waals surface area contributed by atoms with Crippen LogP contribution in [0.15, 0.2) is 45.1 Å². The summed E-state index contributed by atoms with van der Waals surface area (Å²) in [5, 5.41) is 1.56. The third-order valence-corrected chi connectivity index (χ3v) is 4.70. The van der Waals surface area contributed by atoms with E-state index in [9.17, 15) is 12.8 Å². The zero-order valence-corrected chi connectivity index (χ0v) is 9.06. The lowest BCUT2D eigenvalue weighted by Crippen LogP contribution is -2.01. The molecule has 0 amide bonds. The minimum absolute atomic E-state index is 0.0203. The highest BCUT2D eigenvalue weighted by Crippen LogP contribution is 2.22. The lowest BCUT2D eigenvalue weighted by molar-refractivity contribution is 0.590. The quantitative estimate of drug-likeness (QED) is 0.811. The highest BCUT2D eigenvalue weighted by atomic mass is 32.2. The van der Waals surface area contributed by atoms with Crippen molar-refractivity contribution in [1.29, 1.82) is 0 Å². The minimum atomic E-state index is -3.65. The molecule has 1 heterocycles. The van der Waals surface area contributed by atoms with Gasteiger partial charge < -0.3 is 0 Å². The fraction of sp³-hybridized carbons (Fsp3) is 0. The highest BCUT2D eigenvalue weighted by Gasteiger charge is 2.20. The van der Waals surface area contributed by atoms with Gasteiger partial charge in [0.15, 0.2) is 0 Å². The van der Waals surface area contributed by atoms with E-state index in [0.717, 1.165) is 17.4 Å². The van der Waals surface area contributed by atoms with Gasteiger partial charge in [-0.05, 0) is 18.2 Å². The van der Waals surface area contributed by atoms with Gasteiger partial charge in [-0.25, -0.2) is 17.8 Å². The second-order valence-electron chi connectivity index (χ2n) is 2.76. The van der Waals surface area contributed by atoms with E-state index in [2.05, 4.69) is 4.98 Å². The Morgan fingerprint density at radius 3 is 2.73 bits per heavy atom. The summed E-state index contributed by atoms with van der Waals surface area (Å²) in [6, 6.07) is 4.88.